The van der Waals surface area contributed by atoms with Gasteiger partial charge in [-0.25, -0.2) is 9.36 Å². The van der Waals surface area contributed by atoms with Crippen LogP contribution in [0.5, 0.6) is 0 Å². The van der Waals surface area contributed by atoms with Gasteiger partial charge in [-0.1, -0.05) is 5.16 Å². The van der Waals surface area contributed by atoms with Crippen LogP contribution in [0.15, 0.2) is 46.3 Å². The van der Waals surface area contributed by atoms with Gasteiger partial charge in [-0.15, -0.1) is 5.10 Å². The second-order valence-corrected chi connectivity index (χ2v) is 6.23. The van der Waals surface area contributed by atoms with Crippen LogP contribution >= 0.6 is 0 Å². The van der Waals surface area contributed by atoms with E-state index >= 15 is 0 Å². The molecule has 0 radical (unpaired) electrons. The van der Waals surface area contributed by atoms with Crippen LogP contribution in [0.3, 0.4) is 0 Å². The van der Waals surface area contributed by atoms with Crippen molar-refractivity contribution in [3.63, 3.8) is 0 Å². The van der Waals surface area contributed by atoms with Gasteiger partial charge in [-0.3, -0.25) is 9.69 Å². The maximum atomic E-state index is 12.1. The zero-order chi connectivity index (χ0) is 17.1. The van der Waals surface area contributed by atoms with Gasteiger partial charge in [0.15, 0.2) is 11.6 Å². The van der Waals surface area contributed by atoms with Gasteiger partial charge in [0.05, 0.1) is 6.54 Å². The summed E-state index contributed by atoms with van der Waals surface area (Å²) < 4.78 is 7.98. The molecule has 3 aromatic heterocycles. The van der Waals surface area contributed by atoms with Gasteiger partial charge in [0.25, 0.3) is 5.56 Å². The minimum Gasteiger partial charge on any atom is -0.343 e. The SMILES string of the molecule is O=c1ccc(-n2cccn2)nn1CC1CCN(Cc2ncon2)CC1. The fourth-order valence-electron chi connectivity index (χ4n) is 3.13. The fraction of sp³-hybridized carbons (Fsp3) is 0.438. The molecule has 130 valence electrons. The summed E-state index contributed by atoms with van der Waals surface area (Å²) in [6.45, 7) is 3.24. The number of hydrogen-bond acceptors (Lipinski definition) is 7. The van der Waals surface area contributed by atoms with Crippen molar-refractivity contribution in [1.29, 1.82) is 0 Å². The van der Waals surface area contributed by atoms with Gasteiger partial charge >= 0.3 is 0 Å². The van der Waals surface area contributed by atoms with Crippen molar-refractivity contribution in [2.45, 2.75) is 25.9 Å². The average molecular weight is 341 g/mol. The molecule has 25 heavy (non-hydrogen) atoms. The number of likely N-dealkylation sites (tertiary alicyclic amines) is 1. The van der Waals surface area contributed by atoms with Gasteiger partial charge in [0.1, 0.15) is 0 Å². The molecule has 3 aromatic rings. The lowest BCUT2D eigenvalue weighted by molar-refractivity contribution is 0.159. The van der Waals surface area contributed by atoms with Gasteiger partial charge < -0.3 is 4.52 Å². The topological polar surface area (TPSA) is 94.9 Å². The van der Waals surface area contributed by atoms with Crippen molar-refractivity contribution < 1.29 is 4.52 Å². The highest BCUT2D eigenvalue weighted by atomic mass is 16.5. The van der Waals surface area contributed by atoms with Crippen LogP contribution in [0.1, 0.15) is 18.7 Å². The van der Waals surface area contributed by atoms with E-state index in [9.17, 15) is 4.79 Å². The van der Waals surface area contributed by atoms with E-state index < -0.39 is 0 Å². The molecular weight excluding hydrogens is 322 g/mol. The van der Waals surface area contributed by atoms with E-state index in [1.165, 1.54) is 6.39 Å². The highest BCUT2D eigenvalue weighted by Gasteiger charge is 2.21. The maximum Gasteiger partial charge on any atom is 0.266 e. The molecule has 0 spiro atoms. The molecule has 0 unspecified atom stereocenters. The number of rotatable bonds is 5. The van der Waals surface area contributed by atoms with E-state index in [0.717, 1.165) is 25.9 Å². The Hall–Kier alpha value is -2.81. The van der Waals surface area contributed by atoms with Gasteiger partial charge in [0.2, 0.25) is 6.39 Å². The second-order valence-electron chi connectivity index (χ2n) is 6.23. The van der Waals surface area contributed by atoms with Crippen LogP contribution in [0.25, 0.3) is 5.82 Å². The molecule has 1 aliphatic heterocycles. The third-order valence-corrected chi connectivity index (χ3v) is 4.50. The third kappa shape index (κ3) is 3.66. The highest BCUT2D eigenvalue weighted by molar-refractivity contribution is 5.17. The van der Waals surface area contributed by atoms with E-state index in [2.05, 4.69) is 25.2 Å². The Balaban J connectivity index is 1.38. The van der Waals surface area contributed by atoms with E-state index in [-0.39, 0.29) is 5.56 Å². The lowest BCUT2D eigenvalue weighted by Crippen LogP contribution is -2.36. The first-order valence-corrected chi connectivity index (χ1v) is 8.34. The minimum absolute atomic E-state index is 0.0786. The molecule has 1 aliphatic rings. The van der Waals surface area contributed by atoms with Gasteiger partial charge in [-0.2, -0.15) is 10.1 Å². The Bertz CT molecular complexity index is 849. The molecule has 0 atom stereocenters. The second kappa shape index (κ2) is 6.98. The van der Waals surface area contributed by atoms with Crippen LogP contribution in [-0.2, 0) is 13.1 Å². The lowest BCUT2D eigenvalue weighted by atomic mass is 9.97. The summed E-state index contributed by atoms with van der Waals surface area (Å²) in [5.41, 5.74) is -0.0786. The molecule has 0 bridgehead atoms. The summed E-state index contributed by atoms with van der Waals surface area (Å²) in [5.74, 6) is 1.79. The molecule has 9 heteroatoms. The number of hydrogen-bond donors (Lipinski definition) is 0. The van der Waals surface area contributed by atoms with E-state index in [1.807, 2.05) is 12.3 Å². The molecular formula is C16H19N7O2. The minimum atomic E-state index is -0.0786. The Morgan fingerprint density at radius 3 is 2.84 bits per heavy atom. The molecule has 0 saturated carbocycles. The van der Waals surface area contributed by atoms with Gasteiger partial charge in [-0.05, 0) is 44.0 Å². The Kier molecular flexibility index (Phi) is 4.38. The summed E-state index contributed by atoms with van der Waals surface area (Å²) >= 11 is 0. The molecule has 0 aromatic carbocycles. The van der Waals surface area contributed by atoms with Crippen molar-refractivity contribution in [2.24, 2.45) is 5.92 Å². The molecule has 1 fully saturated rings. The summed E-state index contributed by atoms with van der Waals surface area (Å²) in [6, 6.07) is 5.07. The number of piperidine rings is 1. The molecule has 0 aliphatic carbocycles. The van der Waals surface area contributed by atoms with Crippen LogP contribution in [0.4, 0.5) is 0 Å². The lowest BCUT2D eigenvalue weighted by Gasteiger charge is -2.31. The zero-order valence-electron chi connectivity index (χ0n) is 13.7. The molecule has 4 heterocycles. The molecule has 0 N–H and O–H groups in total. The van der Waals surface area contributed by atoms with Crippen molar-refractivity contribution >= 4 is 0 Å². The van der Waals surface area contributed by atoms with Crippen LogP contribution in [0, 0.1) is 5.92 Å². The Labute approximate surface area is 143 Å². The van der Waals surface area contributed by atoms with Gasteiger partial charge in [0, 0.05) is 25.0 Å². The monoisotopic (exact) mass is 341 g/mol. The zero-order valence-corrected chi connectivity index (χ0v) is 13.7. The summed E-state index contributed by atoms with van der Waals surface area (Å²) in [4.78, 5) is 18.5. The predicted octanol–water partition coefficient (Wildman–Crippen LogP) is 0.724. The molecule has 0 amide bonds. The van der Waals surface area contributed by atoms with Crippen molar-refractivity contribution in [3.8, 4) is 5.82 Å². The van der Waals surface area contributed by atoms with E-state index in [1.54, 1.807) is 27.7 Å². The smallest absolute Gasteiger partial charge is 0.266 e. The normalized spacial score (nSPS) is 16.3. The summed E-state index contributed by atoms with van der Waals surface area (Å²) in [5, 5.41) is 12.5. The van der Waals surface area contributed by atoms with E-state index in [0.29, 0.717) is 30.6 Å². The number of aromatic nitrogens is 6. The first kappa shape index (κ1) is 15.7. The van der Waals surface area contributed by atoms with E-state index in [4.69, 9.17) is 4.52 Å². The maximum absolute atomic E-state index is 12.1. The molecule has 1 saturated heterocycles. The predicted molar refractivity (Wildman–Crippen MR) is 87.9 cm³/mol. The molecule has 9 nitrogen and oxygen atoms in total. The summed E-state index contributed by atoms with van der Waals surface area (Å²) in [6.07, 6.45) is 6.88. The Morgan fingerprint density at radius 1 is 1.24 bits per heavy atom. The van der Waals surface area contributed by atoms with Crippen LogP contribution < -0.4 is 5.56 Å². The third-order valence-electron chi connectivity index (χ3n) is 4.50. The van der Waals surface area contributed by atoms with Crippen molar-refractivity contribution in [3.05, 3.63) is 53.2 Å². The molecule has 4 rings (SSSR count). The Morgan fingerprint density at radius 2 is 2.12 bits per heavy atom. The highest BCUT2D eigenvalue weighted by Crippen LogP contribution is 2.19. The fourth-order valence-corrected chi connectivity index (χ4v) is 3.13. The quantitative estimate of drug-likeness (QED) is 0.675. The van der Waals surface area contributed by atoms with Crippen molar-refractivity contribution in [1.82, 2.24) is 34.6 Å². The first-order valence-electron chi connectivity index (χ1n) is 8.34. The van der Waals surface area contributed by atoms with Crippen LogP contribution in [-0.4, -0.2) is 47.7 Å². The first-order chi connectivity index (χ1) is 12.3. The largest absolute Gasteiger partial charge is 0.343 e. The standard InChI is InChI=1S/C16H19N7O2/c24-16-3-2-15(22-7-1-6-18-22)19-23(16)10-13-4-8-21(9-5-13)11-14-17-12-25-20-14/h1-3,6-7,12-13H,4-5,8-11H2. The van der Waals surface area contributed by atoms with Crippen molar-refractivity contribution in [2.75, 3.05) is 13.1 Å². The summed E-state index contributed by atoms with van der Waals surface area (Å²) in [7, 11) is 0. The number of nitrogens with zero attached hydrogens (tertiary/aromatic N) is 7. The average Bonchev–Trinajstić information content (AvgIpc) is 3.32. The van der Waals surface area contributed by atoms with Crippen LogP contribution in [0.2, 0.25) is 0 Å².